The predicted molar refractivity (Wildman–Crippen MR) is 94.1 cm³/mol. The van der Waals surface area contributed by atoms with Gasteiger partial charge in [-0.05, 0) is 42.3 Å². The summed E-state index contributed by atoms with van der Waals surface area (Å²) in [7, 11) is 0. The second-order valence-corrected chi connectivity index (χ2v) is 5.77. The molecule has 0 aliphatic heterocycles. The van der Waals surface area contributed by atoms with Crippen LogP contribution in [0.2, 0.25) is 5.02 Å². The van der Waals surface area contributed by atoms with Gasteiger partial charge in [0.05, 0.1) is 17.7 Å². The topological polar surface area (TPSA) is 56.0 Å². The molecule has 2 unspecified atom stereocenters. The van der Waals surface area contributed by atoms with Gasteiger partial charge in [0.25, 0.3) is 0 Å². The molecular weight excluding hydrogens is 308 g/mol. The van der Waals surface area contributed by atoms with Gasteiger partial charge < -0.3 is 10.4 Å². The van der Waals surface area contributed by atoms with Crippen molar-refractivity contribution in [2.24, 2.45) is 0 Å². The summed E-state index contributed by atoms with van der Waals surface area (Å²) in [4.78, 5) is 0. The Morgan fingerprint density at radius 2 is 1.83 bits per heavy atom. The SMILES string of the molecule is CC(NC/C=C/c1ccc(C#N)cc1)C(O)c1ccc(Cl)cc1. The highest BCUT2D eigenvalue weighted by Crippen LogP contribution is 2.19. The highest BCUT2D eigenvalue weighted by Gasteiger charge is 2.14. The number of halogens is 1. The van der Waals surface area contributed by atoms with Crippen LogP contribution >= 0.6 is 11.6 Å². The summed E-state index contributed by atoms with van der Waals surface area (Å²) in [5, 5.41) is 23.0. The van der Waals surface area contributed by atoms with E-state index in [4.69, 9.17) is 16.9 Å². The molecule has 0 aromatic heterocycles. The molecule has 2 aromatic carbocycles. The highest BCUT2D eigenvalue weighted by atomic mass is 35.5. The first kappa shape index (κ1) is 17.2. The number of benzene rings is 2. The van der Waals surface area contributed by atoms with Crippen LogP contribution in [-0.2, 0) is 0 Å². The fourth-order valence-corrected chi connectivity index (χ4v) is 2.30. The van der Waals surface area contributed by atoms with Crippen LogP contribution in [0, 0.1) is 11.3 Å². The van der Waals surface area contributed by atoms with E-state index >= 15 is 0 Å². The van der Waals surface area contributed by atoms with Crippen LogP contribution in [0.5, 0.6) is 0 Å². The molecule has 2 N–H and O–H groups in total. The fraction of sp³-hybridized carbons (Fsp3) is 0.211. The van der Waals surface area contributed by atoms with Gasteiger partial charge in [0.15, 0.2) is 0 Å². The van der Waals surface area contributed by atoms with Crippen LogP contribution in [0.15, 0.2) is 54.6 Å². The van der Waals surface area contributed by atoms with Crippen molar-refractivity contribution >= 4 is 17.7 Å². The van der Waals surface area contributed by atoms with Crippen molar-refractivity contribution in [3.8, 4) is 6.07 Å². The lowest BCUT2D eigenvalue weighted by atomic mass is 10.0. The van der Waals surface area contributed by atoms with Crippen molar-refractivity contribution in [3.05, 3.63) is 76.3 Å². The Morgan fingerprint density at radius 3 is 2.43 bits per heavy atom. The lowest BCUT2D eigenvalue weighted by Crippen LogP contribution is -2.32. The van der Waals surface area contributed by atoms with Crippen molar-refractivity contribution in [2.75, 3.05) is 6.54 Å². The largest absolute Gasteiger partial charge is 0.387 e. The number of aliphatic hydroxyl groups is 1. The molecule has 0 aliphatic rings. The zero-order valence-electron chi connectivity index (χ0n) is 12.9. The minimum atomic E-state index is -0.587. The van der Waals surface area contributed by atoms with Crippen LogP contribution < -0.4 is 5.32 Å². The molecule has 2 rings (SSSR count). The Bertz CT molecular complexity index is 687. The maximum Gasteiger partial charge on any atom is 0.0991 e. The van der Waals surface area contributed by atoms with Crippen molar-refractivity contribution < 1.29 is 5.11 Å². The lowest BCUT2D eigenvalue weighted by Gasteiger charge is -2.20. The van der Waals surface area contributed by atoms with E-state index in [0.717, 1.165) is 11.1 Å². The standard InChI is InChI=1S/C19H19ClN2O/c1-14(19(23)17-8-10-18(20)11-9-17)22-12-2-3-15-4-6-16(13-21)7-5-15/h2-11,14,19,22-23H,12H2,1H3/b3-2+. The van der Waals surface area contributed by atoms with Gasteiger partial charge >= 0.3 is 0 Å². The van der Waals surface area contributed by atoms with Crippen LogP contribution in [0.25, 0.3) is 6.08 Å². The van der Waals surface area contributed by atoms with Gasteiger partial charge in [0.2, 0.25) is 0 Å². The summed E-state index contributed by atoms with van der Waals surface area (Å²) in [6.45, 7) is 2.58. The minimum absolute atomic E-state index is 0.0817. The normalized spacial score (nSPS) is 13.7. The molecule has 23 heavy (non-hydrogen) atoms. The highest BCUT2D eigenvalue weighted by molar-refractivity contribution is 6.30. The second kappa shape index (κ2) is 8.50. The fourth-order valence-electron chi connectivity index (χ4n) is 2.18. The first-order chi connectivity index (χ1) is 11.1. The molecular formula is C19H19ClN2O. The predicted octanol–water partition coefficient (Wildman–Crippen LogP) is 3.94. The summed E-state index contributed by atoms with van der Waals surface area (Å²) in [6.07, 6.45) is 3.39. The third-order valence-electron chi connectivity index (χ3n) is 3.59. The van der Waals surface area contributed by atoms with Crippen molar-refractivity contribution in [1.29, 1.82) is 5.26 Å². The average molecular weight is 327 g/mol. The molecule has 0 saturated carbocycles. The number of hydrogen-bond acceptors (Lipinski definition) is 3. The van der Waals surface area contributed by atoms with E-state index in [1.165, 1.54) is 0 Å². The summed E-state index contributed by atoms with van der Waals surface area (Å²) in [5.74, 6) is 0. The number of aliphatic hydroxyl groups excluding tert-OH is 1. The quantitative estimate of drug-likeness (QED) is 0.845. The van der Waals surface area contributed by atoms with Gasteiger partial charge in [-0.2, -0.15) is 5.26 Å². The first-order valence-corrected chi connectivity index (χ1v) is 7.81. The summed E-state index contributed by atoms with van der Waals surface area (Å²) in [5.41, 5.74) is 2.53. The maximum absolute atomic E-state index is 10.3. The number of nitrogens with zero attached hydrogens (tertiary/aromatic N) is 1. The molecule has 0 saturated heterocycles. The smallest absolute Gasteiger partial charge is 0.0991 e. The molecule has 0 spiro atoms. The van der Waals surface area contributed by atoms with E-state index in [1.807, 2.05) is 43.3 Å². The molecule has 2 aromatic rings. The molecule has 0 aliphatic carbocycles. The zero-order valence-corrected chi connectivity index (χ0v) is 13.7. The summed E-state index contributed by atoms with van der Waals surface area (Å²) >= 11 is 5.85. The van der Waals surface area contributed by atoms with E-state index in [0.29, 0.717) is 17.1 Å². The van der Waals surface area contributed by atoms with E-state index in [9.17, 15) is 5.11 Å². The van der Waals surface area contributed by atoms with Gasteiger partial charge in [-0.3, -0.25) is 0 Å². The number of rotatable bonds is 6. The van der Waals surface area contributed by atoms with Crippen LogP contribution in [-0.4, -0.2) is 17.7 Å². The molecule has 2 atom stereocenters. The third-order valence-corrected chi connectivity index (χ3v) is 3.84. The molecule has 0 bridgehead atoms. The Hall–Kier alpha value is -2.12. The van der Waals surface area contributed by atoms with Crippen LogP contribution in [0.1, 0.15) is 29.7 Å². The third kappa shape index (κ3) is 5.22. The van der Waals surface area contributed by atoms with Crippen molar-refractivity contribution in [1.82, 2.24) is 5.32 Å². The molecule has 0 radical (unpaired) electrons. The van der Waals surface area contributed by atoms with Crippen LogP contribution in [0.4, 0.5) is 0 Å². The molecule has 4 heteroatoms. The average Bonchev–Trinajstić information content (AvgIpc) is 2.59. The zero-order chi connectivity index (χ0) is 16.7. The van der Waals surface area contributed by atoms with Crippen LogP contribution in [0.3, 0.4) is 0 Å². The van der Waals surface area contributed by atoms with Gasteiger partial charge in [-0.25, -0.2) is 0 Å². The van der Waals surface area contributed by atoms with E-state index in [-0.39, 0.29) is 6.04 Å². The van der Waals surface area contributed by atoms with Crippen molar-refractivity contribution in [2.45, 2.75) is 19.1 Å². The Balaban J connectivity index is 1.83. The molecule has 0 fully saturated rings. The van der Waals surface area contributed by atoms with Gasteiger partial charge in [0, 0.05) is 17.6 Å². The Morgan fingerprint density at radius 1 is 1.17 bits per heavy atom. The molecule has 0 amide bonds. The van der Waals surface area contributed by atoms with Gasteiger partial charge in [-0.1, -0.05) is 48.0 Å². The van der Waals surface area contributed by atoms with E-state index in [2.05, 4.69) is 11.4 Å². The van der Waals surface area contributed by atoms with Gasteiger partial charge in [0.1, 0.15) is 0 Å². The monoisotopic (exact) mass is 326 g/mol. The maximum atomic E-state index is 10.3. The first-order valence-electron chi connectivity index (χ1n) is 7.44. The Labute approximate surface area is 141 Å². The number of hydrogen-bond donors (Lipinski definition) is 2. The summed E-state index contributed by atoms with van der Waals surface area (Å²) in [6, 6.07) is 16.6. The number of nitrogens with one attached hydrogen (secondary N) is 1. The lowest BCUT2D eigenvalue weighted by molar-refractivity contribution is 0.138. The van der Waals surface area contributed by atoms with E-state index in [1.54, 1.807) is 24.3 Å². The number of nitriles is 1. The minimum Gasteiger partial charge on any atom is -0.387 e. The van der Waals surface area contributed by atoms with E-state index < -0.39 is 6.10 Å². The molecule has 3 nitrogen and oxygen atoms in total. The van der Waals surface area contributed by atoms with Crippen molar-refractivity contribution in [3.63, 3.8) is 0 Å². The molecule has 118 valence electrons. The second-order valence-electron chi connectivity index (χ2n) is 5.33. The Kier molecular flexibility index (Phi) is 6.37. The summed E-state index contributed by atoms with van der Waals surface area (Å²) < 4.78 is 0. The molecule has 0 heterocycles. The van der Waals surface area contributed by atoms with Gasteiger partial charge in [-0.15, -0.1) is 0 Å².